The minimum atomic E-state index is -0.500. The molecule has 0 unspecified atom stereocenters. The highest BCUT2D eigenvalue weighted by Gasteiger charge is 2.33. The largest absolute Gasteiger partial charge is 0.495 e. The number of hydrogen-bond donors (Lipinski definition) is 7. The first-order chi connectivity index (χ1) is 61.6. The lowest BCUT2D eigenvalue weighted by Crippen LogP contribution is -2.03. The van der Waals surface area contributed by atoms with Crippen LogP contribution in [0.5, 0.6) is 34.5 Å². The molecule has 4 aliphatic heterocycles. The van der Waals surface area contributed by atoms with Gasteiger partial charge in [-0.1, -0.05) is 128 Å². The third-order valence-corrected chi connectivity index (χ3v) is 25.2. The number of H-pyrrole nitrogens is 1. The standard InChI is InChI=1S/C16H14Cl2N4O.C15H12Cl2N4O.C15H10Cl2N4O.C14H10Cl2N4O.C14H13Cl2N3O.C14H13ClFN3O/c1-2-22-5-3-11-14(22)13(21-16(19)20-11)12-8-4-6-23-15(8)10(18)7-9(12)17;1-21-4-2-10-13(21)12(20-15(18)19-10)11-7-3-5-22-14(7)9(17)6-8(11)16;16-8-6-9(17)14-7(3-5-22-14)11(8)13-12-10(2-1-4-19-12)20-15(18)21-13;15-7-5-8(16)13-6(2-4-21-13)10(7)12-11-9(1-3-18-11)19-14(17)20-12;2*1-20-12-5-8(9(15)6-10(12)16)13-7-3-2-4-11(7)18-14(17)19-13/h3,5,7H,2,4,6H2,1H3,(H2,19,20,21);2,4,6H,3,5H2,1H3,(H2,18,19,20);1-2,4,6H,3,5H2,(H2,18,20,21);1,3,5,18H,2,4H2,(H2,17,19,20);2*5-6H,2-4H2,1H3,(H2,17,18,19). The maximum atomic E-state index is 13.6. The first-order valence-electron chi connectivity index (χ1n) is 39.8. The van der Waals surface area contributed by atoms with Gasteiger partial charge in [0, 0.05) is 142 Å². The molecule has 0 amide bonds. The highest BCUT2D eigenvalue weighted by Crippen LogP contribution is 2.52. The Kier molecular flexibility index (Phi) is 25.6. The molecular weight excluding hydrogens is 1870 g/mol. The second-order valence-electron chi connectivity index (χ2n) is 29.7. The van der Waals surface area contributed by atoms with Crippen molar-refractivity contribution in [2.24, 2.45) is 7.05 Å². The van der Waals surface area contributed by atoms with E-state index in [-0.39, 0.29) is 46.5 Å². The number of aromatic amines is 1. The fourth-order valence-corrected chi connectivity index (χ4v) is 19.9. The number of fused-ring (bicyclic) bond motifs is 10. The van der Waals surface area contributed by atoms with Crippen molar-refractivity contribution in [3.63, 3.8) is 0 Å². The summed E-state index contributed by atoms with van der Waals surface area (Å²) in [6, 6.07) is 22.3. The van der Waals surface area contributed by atoms with Crippen molar-refractivity contribution in [1.82, 2.24) is 78.9 Å². The van der Waals surface area contributed by atoms with E-state index in [2.05, 4.69) is 81.3 Å². The highest BCUT2D eigenvalue weighted by molar-refractivity contribution is 6.41. The topological polar surface area (TPSA) is 405 Å². The number of nitrogens with two attached hydrogens (primary N) is 6. The molecule has 0 saturated carbocycles. The van der Waals surface area contributed by atoms with Crippen LogP contribution in [0.2, 0.25) is 55.2 Å². The van der Waals surface area contributed by atoms with E-state index in [9.17, 15) is 4.39 Å². The summed E-state index contributed by atoms with van der Waals surface area (Å²) in [5.41, 5.74) is 57.9. The normalized spacial score (nSPS) is 13.3. The minimum Gasteiger partial charge on any atom is -0.495 e. The number of pyridine rings is 1. The van der Waals surface area contributed by atoms with Crippen LogP contribution in [-0.2, 0) is 65.0 Å². The second kappa shape index (κ2) is 37.0. The van der Waals surface area contributed by atoms with Crippen LogP contribution in [0.4, 0.5) is 40.1 Å². The van der Waals surface area contributed by atoms with E-state index in [1.807, 2.05) is 48.3 Å². The van der Waals surface area contributed by atoms with Gasteiger partial charge in [0.2, 0.25) is 35.7 Å². The van der Waals surface area contributed by atoms with Crippen LogP contribution in [0, 0.1) is 5.82 Å². The number of halogens is 12. The SMILES string of the molecule is CCn1ccc2nc(N)nc(-c3c(Cl)cc(Cl)c4c3CCO4)c21.COc1cc(-c2nc(N)nc3c2CCC3)c(Cl)cc1Cl.COc1cc(-c2nc(N)nc3c2CCC3)c(Cl)cc1F.Cn1ccc2nc(N)nc(-c3c(Cl)cc(Cl)c4c3CCO4)c21.Nc1nc(-c2c(Cl)cc(Cl)c3c2CCO3)c2[nH]ccc2n1.Nc1nc(-c2c(Cl)cc(Cl)c3c2CCO3)c2ncccc2n1. The number of nitrogen functional groups attached to an aromatic ring is 6. The first kappa shape index (κ1) is 88.6. The predicted molar refractivity (Wildman–Crippen MR) is 505 cm³/mol. The van der Waals surface area contributed by atoms with Crippen molar-refractivity contribution in [1.29, 1.82) is 0 Å². The molecule has 0 atom stereocenters. The molecule has 654 valence electrons. The van der Waals surface area contributed by atoms with Gasteiger partial charge in [0.15, 0.2) is 11.6 Å². The van der Waals surface area contributed by atoms with E-state index in [0.29, 0.717) is 151 Å². The Hall–Kier alpha value is -11.5. The van der Waals surface area contributed by atoms with E-state index in [1.54, 1.807) is 68.0 Å². The molecule has 0 spiro atoms. The van der Waals surface area contributed by atoms with Gasteiger partial charge in [-0.2, -0.15) is 0 Å². The number of hydrogen-bond acceptors (Lipinski definition) is 25. The third kappa shape index (κ3) is 17.1. The Bertz CT molecular complexity index is 7070. The zero-order valence-corrected chi connectivity index (χ0v) is 76.4. The molecule has 0 bridgehead atoms. The van der Waals surface area contributed by atoms with Crippen LogP contribution in [0.1, 0.15) is 64.5 Å². The summed E-state index contributed by atoms with van der Waals surface area (Å²) in [6.45, 7) is 5.18. The average Bonchev–Trinajstić information content (AvgIpc) is 1.08. The van der Waals surface area contributed by atoms with Crippen molar-refractivity contribution in [3.05, 3.63) is 209 Å². The molecule has 40 heteroatoms. The smallest absolute Gasteiger partial charge is 0.221 e. The molecule has 14 heterocycles. The van der Waals surface area contributed by atoms with Gasteiger partial charge in [-0.3, -0.25) is 4.98 Å². The zero-order valence-electron chi connectivity index (χ0n) is 68.1. The Balaban J connectivity index is 0.000000108. The van der Waals surface area contributed by atoms with Crippen molar-refractivity contribution < 1.29 is 32.8 Å². The van der Waals surface area contributed by atoms with Gasteiger partial charge in [0.25, 0.3) is 0 Å². The monoisotopic (exact) mass is 1940 g/mol. The maximum Gasteiger partial charge on any atom is 0.221 e. The lowest BCUT2D eigenvalue weighted by molar-refractivity contribution is 0.357. The van der Waals surface area contributed by atoms with Crippen LogP contribution in [0.15, 0.2) is 104 Å². The van der Waals surface area contributed by atoms with Gasteiger partial charge in [-0.15, -0.1) is 0 Å². The molecule has 22 rings (SSSR count). The molecule has 10 aromatic heterocycles. The van der Waals surface area contributed by atoms with Crippen molar-refractivity contribution >= 4 is 207 Å². The quantitative estimate of drug-likeness (QED) is 0.0705. The van der Waals surface area contributed by atoms with Gasteiger partial charge >= 0.3 is 0 Å². The van der Waals surface area contributed by atoms with Gasteiger partial charge < -0.3 is 76.9 Å². The van der Waals surface area contributed by atoms with Gasteiger partial charge in [0.1, 0.15) is 57.0 Å². The van der Waals surface area contributed by atoms with Crippen LogP contribution >= 0.6 is 128 Å². The van der Waals surface area contributed by atoms with E-state index in [4.69, 9.17) is 190 Å². The Labute approximate surface area is 784 Å². The number of rotatable bonds is 9. The fourth-order valence-electron chi connectivity index (χ4n) is 16.6. The van der Waals surface area contributed by atoms with E-state index in [0.717, 1.165) is 181 Å². The Morgan fingerprint density at radius 1 is 0.391 bits per heavy atom. The van der Waals surface area contributed by atoms with Crippen molar-refractivity contribution in [2.45, 2.75) is 77.7 Å². The van der Waals surface area contributed by atoms with Gasteiger partial charge in [0.05, 0.1) is 146 Å². The molecule has 6 aliphatic rings. The third-order valence-electron chi connectivity index (χ3n) is 22.0. The number of aryl methyl sites for hydroxylation is 4. The van der Waals surface area contributed by atoms with E-state index < -0.39 is 5.82 Å². The number of nitrogens with zero attached hydrogens (tertiary/aromatic N) is 15. The molecule has 16 aromatic rings. The number of nitrogens with one attached hydrogen (secondary N) is 1. The molecule has 0 saturated heterocycles. The number of anilines is 6. The molecular formula is C88H72Cl11FN22O6. The zero-order chi connectivity index (χ0) is 89.9. The molecule has 128 heavy (non-hydrogen) atoms. The summed E-state index contributed by atoms with van der Waals surface area (Å²) >= 11 is 69.2. The second-order valence-corrected chi connectivity index (χ2v) is 34.1. The van der Waals surface area contributed by atoms with Gasteiger partial charge in [-0.05, 0) is 124 Å². The first-order valence-corrected chi connectivity index (χ1v) is 43.9. The molecule has 28 nitrogen and oxygen atoms in total. The summed E-state index contributed by atoms with van der Waals surface area (Å²) < 4.78 is 50.4. The molecule has 6 aromatic carbocycles. The molecule has 0 radical (unpaired) electrons. The minimum absolute atomic E-state index is 0.133. The Morgan fingerprint density at radius 3 is 1.28 bits per heavy atom. The number of aromatic nitrogens is 16. The summed E-state index contributed by atoms with van der Waals surface area (Å²) in [6.07, 6.45) is 16.0. The average molecular weight is 1940 g/mol. The molecule has 13 N–H and O–H groups in total. The number of benzene rings is 6. The molecule has 2 aliphatic carbocycles. The Morgan fingerprint density at radius 2 is 0.789 bits per heavy atom. The summed E-state index contributed by atoms with van der Waals surface area (Å²) in [7, 11) is 4.92. The van der Waals surface area contributed by atoms with E-state index >= 15 is 0 Å². The fraction of sp³-hybridized carbons (Fsp3) is 0.216. The van der Waals surface area contributed by atoms with Crippen molar-refractivity contribution in [2.75, 3.05) is 75.0 Å². The van der Waals surface area contributed by atoms with Crippen LogP contribution in [0.3, 0.4) is 0 Å². The van der Waals surface area contributed by atoms with Crippen LogP contribution < -0.4 is 62.8 Å². The number of ether oxygens (including phenoxy) is 6. The summed E-state index contributed by atoms with van der Waals surface area (Å²) in [5.74, 6) is 4.19. The van der Waals surface area contributed by atoms with Crippen molar-refractivity contribution in [3.8, 4) is 102 Å². The van der Waals surface area contributed by atoms with Crippen LogP contribution in [0.25, 0.3) is 112 Å². The lowest BCUT2D eigenvalue weighted by Gasteiger charge is -2.13. The van der Waals surface area contributed by atoms with E-state index in [1.165, 1.54) is 13.2 Å². The highest BCUT2D eigenvalue weighted by atomic mass is 35.5. The van der Waals surface area contributed by atoms with Gasteiger partial charge in [-0.25, -0.2) is 64.2 Å². The lowest BCUT2D eigenvalue weighted by atomic mass is 10.0. The summed E-state index contributed by atoms with van der Waals surface area (Å²) in [4.78, 5) is 59.3. The van der Waals surface area contributed by atoms with Crippen LogP contribution in [-0.4, -0.2) is 120 Å². The molecule has 0 fully saturated rings. The summed E-state index contributed by atoms with van der Waals surface area (Å²) in [5, 5.41) is 5.46. The maximum absolute atomic E-state index is 13.6. The predicted octanol–water partition coefficient (Wildman–Crippen LogP) is 20.9. The number of methoxy groups -OCH3 is 2.